The Morgan fingerprint density at radius 2 is 2.21 bits per heavy atom. The van der Waals surface area contributed by atoms with Gasteiger partial charge in [0, 0.05) is 13.2 Å². The van der Waals surface area contributed by atoms with Gasteiger partial charge in [0.05, 0.1) is 18.3 Å². The van der Waals surface area contributed by atoms with E-state index in [0.717, 1.165) is 38.8 Å². The standard InChI is InChI=1S/C15H28N2O2/c1-4-14-16-13(9-11(2)3)15(18)17(14)10-12-7-5-6-8-19-12/h11-14,16H,4-10H2,1-3H3. The van der Waals surface area contributed by atoms with Gasteiger partial charge in [-0.1, -0.05) is 20.8 Å². The molecule has 2 aliphatic heterocycles. The molecule has 2 rings (SSSR count). The molecule has 3 unspecified atom stereocenters. The van der Waals surface area contributed by atoms with Crippen LogP contribution in [0, 0.1) is 5.92 Å². The summed E-state index contributed by atoms with van der Waals surface area (Å²) in [4.78, 5) is 14.5. The smallest absolute Gasteiger partial charge is 0.241 e. The van der Waals surface area contributed by atoms with E-state index in [-0.39, 0.29) is 24.2 Å². The van der Waals surface area contributed by atoms with Gasteiger partial charge in [0.15, 0.2) is 0 Å². The van der Waals surface area contributed by atoms with E-state index < -0.39 is 0 Å². The fraction of sp³-hybridized carbons (Fsp3) is 0.933. The second kappa shape index (κ2) is 6.71. The summed E-state index contributed by atoms with van der Waals surface area (Å²) in [7, 11) is 0. The Bertz CT molecular complexity index is 301. The molecule has 2 fully saturated rings. The van der Waals surface area contributed by atoms with Crippen LogP contribution in [0.5, 0.6) is 0 Å². The second-order valence-corrected chi connectivity index (χ2v) is 6.25. The number of carbonyl (C=O) groups is 1. The summed E-state index contributed by atoms with van der Waals surface area (Å²) in [6.45, 7) is 8.09. The molecule has 2 aliphatic rings. The number of nitrogens with one attached hydrogen (secondary N) is 1. The summed E-state index contributed by atoms with van der Waals surface area (Å²) in [6.07, 6.45) is 5.81. The van der Waals surface area contributed by atoms with Crippen LogP contribution in [0.4, 0.5) is 0 Å². The van der Waals surface area contributed by atoms with Gasteiger partial charge in [-0.3, -0.25) is 10.1 Å². The van der Waals surface area contributed by atoms with Crippen LogP contribution in [0.3, 0.4) is 0 Å². The van der Waals surface area contributed by atoms with E-state index >= 15 is 0 Å². The van der Waals surface area contributed by atoms with Crippen molar-refractivity contribution >= 4 is 5.91 Å². The third-order valence-corrected chi connectivity index (χ3v) is 4.12. The molecule has 0 aromatic heterocycles. The average molecular weight is 268 g/mol. The van der Waals surface area contributed by atoms with Crippen molar-refractivity contribution in [2.45, 2.75) is 71.2 Å². The first-order chi connectivity index (χ1) is 9.11. The molecule has 0 saturated carbocycles. The Labute approximate surface area is 116 Å². The van der Waals surface area contributed by atoms with E-state index in [0.29, 0.717) is 5.92 Å². The number of rotatable bonds is 5. The lowest BCUT2D eigenvalue weighted by atomic mass is 10.0. The topological polar surface area (TPSA) is 41.6 Å². The van der Waals surface area contributed by atoms with Crippen LogP contribution < -0.4 is 5.32 Å². The Balaban J connectivity index is 1.94. The summed E-state index contributed by atoms with van der Waals surface area (Å²) < 4.78 is 5.78. The Morgan fingerprint density at radius 1 is 1.42 bits per heavy atom. The van der Waals surface area contributed by atoms with Crippen LogP contribution in [0.25, 0.3) is 0 Å². The van der Waals surface area contributed by atoms with Crippen molar-refractivity contribution in [1.82, 2.24) is 10.2 Å². The third kappa shape index (κ3) is 3.69. The van der Waals surface area contributed by atoms with Crippen LogP contribution in [0.1, 0.15) is 52.9 Å². The minimum Gasteiger partial charge on any atom is -0.376 e. The van der Waals surface area contributed by atoms with Crippen LogP contribution in [-0.4, -0.2) is 42.3 Å². The Hall–Kier alpha value is -0.610. The molecule has 0 radical (unpaired) electrons. The van der Waals surface area contributed by atoms with Crippen molar-refractivity contribution < 1.29 is 9.53 Å². The molecule has 2 heterocycles. The minimum atomic E-state index is 0.00791. The van der Waals surface area contributed by atoms with Crippen molar-refractivity contribution in [3.8, 4) is 0 Å². The molecule has 0 aliphatic carbocycles. The third-order valence-electron chi connectivity index (χ3n) is 4.12. The first-order valence-electron chi connectivity index (χ1n) is 7.80. The predicted octanol–water partition coefficient (Wildman–Crippen LogP) is 2.14. The number of hydrogen-bond acceptors (Lipinski definition) is 3. The molecule has 0 aromatic rings. The van der Waals surface area contributed by atoms with E-state index in [2.05, 4.69) is 26.1 Å². The molecule has 19 heavy (non-hydrogen) atoms. The van der Waals surface area contributed by atoms with Gasteiger partial charge in [0.25, 0.3) is 0 Å². The highest BCUT2D eigenvalue weighted by molar-refractivity contribution is 5.84. The highest BCUT2D eigenvalue weighted by atomic mass is 16.5. The van der Waals surface area contributed by atoms with Gasteiger partial charge in [-0.25, -0.2) is 0 Å². The maximum atomic E-state index is 12.5. The number of amides is 1. The molecule has 110 valence electrons. The Morgan fingerprint density at radius 3 is 2.79 bits per heavy atom. The molecule has 2 saturated heterocycles. The molecular weight excluding hydrogens is 240 g/mol. The van der Waals surface area contributed by atoms with Crippen LogP contribution in [0.15, 0.2) is 0 Å². The molecule has 4 heteroatoms. The van der Waals surface area contributed by atoms with E-state index in [9.17, 15) is 4.79 Å². The molecule has 1 N–H and O–H groups in total. The summed E-state index contributed by atoms with van der Waals surface area (Å²) in [6, 6.07) is 0.00791. The van der Waals surface area contributed by atoms with Crippen LogP contribution in [0.2, 0.25) is 0 Å². The zero-order valence-corrected chi connectivity index (χ0v) is 12.5. The fourth-order valence-corrected chi connectivity index (χ4v) is 3.11. The van der Waals surface area contributed by atoms with Crippen molar-refractivity contribution in [2.75, 3.05) is 13.2 Å². The maximum absolute atomic E-state index is 12.5. The first-order valence-corrected chi connectivity index (χ1v) is 7.80. The van der Waals surface area contributed by atoms with Gasteiger partial charge in [-0.05, 0) is 38.0 Å². The highest BCUT2D eigenvalue weighted by Crippen LogP contribution is 2.22. The van der Waals surface area contributed by atoms with E-state index in [4.69, 9.17) is 4.74 Å². The number of ether oxygens (including phenoxy) is 1. The van der Waals surface area contributed by atoms with Crippen LogP contribution in [-0.2, 0) is 9.53 Å². The largest absolute Gasteiger partial charge is 0.376 e. The normalized spacial score (nSPS) is 32.3. The summed E-state index contributed by atoms with van der Waals surface area (Å²) in [5, 5.41) is 3.48. The minimum absolute atomic E-state index is 0.00791. The first kappa shape index (κ1) is 14.8. The number of hydrogen-bond donors (Lipinski definition) is 1. The van der Waals surface area contributed by atoms with Crippen molar-refractivity contribution in [1.29, 1.82) is 0 Å². The van der Waals surface area contributed by atoms with E-state index in [1.54, 1.807) is 0 Å². The van der Waals surface area contributed by atoms with Gasteiger partial charge in [-0.2, -0.15) is 0 Å². The van der Waals surface area contributed by atoms with Crippen molar-refractivity contribution in [3.05, 3.63) is 0 Å². The number of carbonyl (C=O) groups excluding carboxylic acids is 1. The molecular formula is C15H28N2O2. The van der Waals surface area contributed by atoms with Crippen LogP contribution >= 0.6 is 0 Å². The van der Waals surface area contributed by atoms with Gasteiger partial charge in [0.1, 0.15) is 0 Å². The second-order valence-electron chi connectivity index (χ2n) is 6.25. The molecule has 1 amide bonds. The summed E-state index contributed by atoms with van der Waals surface area (Å²) in [5.41, 5.74) is 0. The SMILES string of the molecule is CCC1NC(CC(C)C)C(=O)N1CC1CCCCO1. The monoisotopic (exact) mass is 268 g/mol. The molecule has 4 nitrogen and oxygen atoms in total. The zero-order valence-electron chi connectivity index (χ0n) is 12.5. The zero-order chi connectivity index (χ0) is 13.8. The van der Waals surface area contributed by atoms with Crippen molar-refractivity contribution in [3.63, 3.8) is 0 Å². The highest BCUT2D eigenvalue weighted by Gasteiger charge is 2.39. The maximum Gasteiger partial charge on any atom is 0.241 e. The van der Waals surface area contributed by atoms with Gasteiger partial charge < -0.3 is 9.64 Å². The number of nitrogens with zero attached hydrogens (tertiary/aromatic N) is 1. The van der Waals surface area contributed by atoms with Gasteiger partial charge >= 0.3 is 0 Å². The van der Waals surface area contributed by atoms with Gasteiger partial charge in [0.2, 0.25) is 5.91 Å². The summed E-state index contributed by atoms with van der Waals surface area (Å²) in [5.74, 6) is 0.819. The average Bonchev–Trinajstić information content (AvgIpc) is 2.68. The Kier molecular flexibility index (Phi) is 5.22. The molecule has 3 atom stereocenters. The van der Waals surface area contributed by atoms with Gasteiger partial charge in [-0.15, -0.1) is 0 Å². The summed E-state index contributed by atoms with van der Waals surface area (Å²) >= 11 is 0. The quantitative estimate of drug-likeness (QED) is 0.830. The molecule has 0 bridgehead atoms. The van der Waals surface area contributed by atoms with E-state index in [1.165, 1.54) is 6.42 Å². The fourth-order valence-electron chi connectivity index (χ4n) is 3.11. The molecule has 0 spiro atoms. The lowest BCUT2D eigenvalue weighted by Crippen LogP contribution is -2.43. The molecule has 0 aromatic carbocycles. The van der Waals surface area contributed by atoms with E-state index in [1.807, 2.05) is 4.90 Å². The van der Waals surface area contributed by atoms with Crippen molar-refractivity contribution in [2.24, 2.45) is 5.92 Å². The predicted molar refractivity (Wildman–Crippen MR) is 75.8 cm³/mol. The lowest BCUT2D eigenvalue weighted by Gasteiger charge is -2.30. The lowest BCUT2D eigenvalue weighted by molar-refractivity contribution is -0.133.